The molecule has 1 aromatic heterocycles. The third-order valence-corrected chi connectivity index (χ3v) is 5.84. The van der Waals surface area contributed by atoms with Gasteiger partial charge in [-0.15, -0.1) is 0 Å². The molecule has 0 saturated heterocycles. The van der Waals surface area contributed by atoms with Crippen LogP contribution >= 0.6 is 0 Å². The molecule has 0 bridgehead atoms. The molecule has 0 atom stereocenters. The van der Waals surface area contributed by atoms with Gasteiger partial charge in [-0.25, -0.2) is 12.8 Å². The topological polar surface area (TPSA) is 107 Å². The van der Waals surface area contributed by atoms with E-state index in [2.05, 4.69) is 10.4 Å². The van der Waals surface area contributed by atoms with E-state index in [-0.39, 0.29) is 16.5 Å². The van der Waals surface area contributed by atoms with Crippen molar-refractivity contribution in [2.75, 3.05) is 11.3 Å². The highest BCUT2D eigenvalue weighted by Crippen LogP contribution is 2.30. The number of nitrogens with zero attached hydrogens (tertiary/aromatic N) is 2. The average Bonchev–Trinajstić information content (AvgIpc) is 3.07. The molecule has 2 aromatic rings. The van der Waals surface area contributed by atoms with Gasteiger partial charge in [-0.1, -0.05) is 19.3 Å². The molecule has 26 heavy (non-hydrogen) atoms. The molecule has 1 aliphatic rings. The monoisotopic (exact) mass is 380 g/mol. The summed E-state index contributed by atoms with van der Waals surface area (Å²) in [5.74, 6) is -0.268. The highest BCUT2D eigenvalue weighted by molar-refractivity contribution is 7.91. The second-order valence-electron chi connectivity index (χ2n) is 6.40. The zero-order valence-electron chi connectivity index (χ0n) is 14.2. The summed E-state index contributed by atoms with van der Waals surface area (Å²) < 4.78 is 37.4. The first kappa shape index (κ1) is 18.4. The molecule has 0 aliphatic heterocycles. The quantitative estimate of drug-likeness (QED) is 0.801. The molecule has 1 saturated carbocycles. The SMILES string of the molecule is NC(=O)c1cn(C2CCCCC2)nc1Nc1ccc(S(=O)(=O)CF)cc1. The standard InChI is InChI=1S/C17H21FN4O3S/c18-11-26(24,25)14-8-6-12(7-9-14)20-17-15(16(19)23)10-22(21-17)13-4-2-1-3-5-13/h6-10,13H,1-5,11H2,(H2,19,23)(H,20,21). The molecular weight excluding hydrogens is 359 g/mol. The zero-order valence-corrected chi connectivity index (χ0v) is 15.0. The number of nitrogens with one attached hydrogen (secondary N) is 1. The van der Waals surface area contributed by atoms with Gasteiger partial charge in [-0.3, -0.25) is 9.48 Å². The predicted octanol–water partition coefficient (Wildman–Crippen LogP) is 2.93. The van der Waals surface area contributed by atoms with Gasteiger partial charge in [-0.2, -0.15) is 5.10 Å². The van der Waals surface area contributed by atoms with Gasteiger partial charge < -0.3 is 11.1 Å². The number of primary amides is 1. The Kier molecular flexibility index (Phi) is 5.26. The fraction of sp³-hybridized carbons (Fsp3) is 0.412. The summed E-state index contributed by atoms with van der Waals surface area (Å²) in [6.07, 6.45) is 7.14. The Morgan fingerprint density at radius 2 is 1.88 bits per heavy atom. The number of anilines is 2. The number of alkyl halides is 1. The summed E-state index contributed by atoms with van der Waals surface area (Å²) in [7, 11) is -3.91. The lowest BCUT2D eigenvalue weighted by atomic mass is 9.96. The zero-order chi connectivity index (χ0) is 18.7. The molecule has 140 valence electrons. The van der Waals surface area contributed by atoms with Crippen molar-refractivity contribution in [1.29, 1.82) is 0 Å². The van der Waals surface area contributed by atoms with Crippen LogP contribution < -0.4 is 11.1 Å². The molecule has 1 fully saturated rings. The van der Waals surface area contributed by atoms with Gasteiger partial charge >= 0.3 is 0 Å². The fourth-order valence-corrected chi connectivity index (χ4v) is 3.82. The summed E-state index contributed by atoms with van der Waals surface area (Å²) >= 11 is 0. The van der Waals surface area contributed by atoms with Gasteiger partial charge in [-0.05, 0) is 37.1 Å². The van der Waals surface area contributed by atoms with Crippen molar-refractivity contribution in [3.05, 3.63) is 36.0 Å². The lowest BCUT2D eigenvalue weighted by Gasteiger charge is -2.21. The van der Waals surface area contributed by atoms with Crippen molar-refractivity contribution < 1.29 is 17.6 Å². The van der Waals surface area contributed by atoms with Crippen LogP contribution in [0.5, 0.6) is 0 Å². The Bertz CT molecular complexity index is 887. The number of amides is 1. The minimum Gasteiger partial charge on any atom is -0.365 e. The van der Waals surface area contributed by atoms with Gasteiger partial charge in [0.1, 0.15) is 5.56 Å². The maximum Gasteiger partial charge on any atom is 0.254 e. The highest BCUT2D eigenvalue weighted by atomic mass is 32.2. The van der Waals surface area contributed by atoms with E-state index in [1.54, 1.807) is 10.9 Å². The molecule has 3 N–H and O–H groups in total. The number of rotatable bonds is 6. The van der Waals surface area contributed by atoms with Crippen molar-refractivity contribution in [3.63, 3.8) is 0 Å². The second kappa shape index (κ2) is 7.45. The first-order valence-corrected chi connectivity index (χ1v) is 10.1. The molecule has 1 amide bonds. The first-order chi connectivity index (χ1) is 12.4. The molecule has 7 nitrogen and oxygen atoms in total. The van der Waals surface area contributed by atoms with Gasteiger partial charge in [0.05, 0.1) is 10.9 Å². The van der Waals surface area contributed by atoms with Crippen LogP contribution in [0.25, 0.3) is 0 Å². The Labute approximate surface area is 151 Å². The van der Waals surface area contributed by atoms with Crippen LogP contribution in [0.2, 0.25) is 0 Å². The van der Waals surface area contributed by atoms with Crippen LogP contribution in [-0.2, 0) is 9.84 Å². The van der Waals surface area contributed by atoms with Crippen LogP contribution in [0.3, 0.4) is 0 Å². The average molecular weight is 380 g/mol. The number of benzene rings is 1. The summed E-state index contributed by atoms with van der Waals surface area (Å²) in [6.45, 7) is 0. The van der Waals surface area contributed by atoms with Crippen LogP contribution in [0.15, 0.2) is 35.4 Å². The predicted molar refractivity (Wildman–Crippen MR) is 95.8 cm³/mol. The largest absolute Gasteiger partial charge is 0.365 e. The maximum absolute atomic E-state index is 12.6. The van der Waals surface area contributed by atoms with E-state index in [0.29, 0.717) is 11.5 Å². The van der Waals surface area contributed by atoms with Crippen molar-refractivity contribution in [3.8, 4) is 0 Å². The highest BCUT2D eigenvalue weighted by Gasteiger charge is 2.21. The molecule has 0 radical (unpaired) electrons. The van der Waals surface area contributed by atoms with Crippen molar-refractivity contribution in [2.24, 2.45) is 5.73 Å². The Hall–Kier alpha value is -2.42. The van der Waals surface area contributed by atoms with Crippen LogP contribution in [0.1, 0.15) is 48.5 Å². The lowest BCUT2D eigenvalue weighted by molar-refractivity contribution is 0.100. The molecule has 1 aromatic carbocycles. The summed E-state index contributed by atoms with van der Waals surface area (Å²) in [6, 6.07) is 4.39. The van der Waals surface area contributed by atoms with Gasteiger partial charge in [0, 0.05) is 11.9 Å². The van der Waals surface area contributed by atoms with E-state index in [1.165, 1.54) is 30.7 Å². The van der Waals surface area contributed by atoms with E-state index >= 15 is 0 Å². The Morgan fingerprint density at radius 1 is 1.23 bits per heavy atom. The maximum atomic E-state index is 12.6. The lowest BCUT2D eigenvalue weighted by Crippen LogP contribution is -2.14. The number of hydrogen-bond acceptors (Lipinski definition) is 5. The van der Waals surface area contributed by atoms with Crippen LogP contribution in [0, 0.1) is 0 Å². The van der Waals surface area contributed by atoms with Gasteiger partial charge in [0.2, 0.25) is 9.84 Å². The molecule has 1 heterocycles. The van der Waals surface area contributed by atoms with Crippen LogP contribution in [-0.4, -0.2) is 30.1 Å². The Balaban J connectivity index is 1.84. The Morgan fingerprint density at radius 3 is 2.46 bits per heavy atom. The van der Waals surface area contributed by atoms with Crippen LogP contribution in [0.4, 0.5) is 15.9 Å². The number of nitrogens with two attached hydrogens (primary N) is 1. The van der Waals surface area contributed by atoms with E-state index in [0.717, 1.165) is 25.7 Å². The van der Waals surface area contributed by atoms with E-state index in [4.69, 9.17) is 5.73 Å². The molecule has 9 heteroatoms. The number of sulfone groups is 1. The summed E-state index contributed by atoms with van der Waals surface area (Å²) in [5, 5.41) is 7.45. The second-order valence-corrected chi connectivity index (χ2v) is 8.32. The smallest absolute Gasteiger partial charge is 0.254 e. The van der Waals surface area contributed by atoms with Crippen molar-refractivity contribution >= 4 is 27.2 Å². The van der Waals surface area contributed by atoms with Gasteiger partial charge in [0.15, 0.2) is 11.8 Å². The van der Waals surface area contributed by atoms with E-state index in [9.17, 15) is 17.6 Å². The normalized spacial score (nSPS) is 15.7. The number of halogens is 1. The van der Waals surface area contributed by atoms with E-state index < -0.39 is 21.8 Å². The summed E-state index contributed by atoms with van der Waals surface area (Å²) in [5.41, 5.74) is 6.26. The molecule has 1 aliphatic carbocycles. The number of carbonyl (C=O) groups is 1. The number of aromatic nitrogens is 2. The van der Waals surface area contributed by atoms with E-state index in [1.807, 2.05) is 0 Å². The van der Waals surface area contributed by atoms with Crippen molar-refractivity contribution in [2.45, 2.75) is 43.0 Å². The molecule has 3 rings (SSSR count). The first-order valence-electron chi connectivity index (χ1n) is 8.45. The molecule has 0 spiro atoms. The van der Waals surface area contributed by atoms with Gasteiger partial charge in [0.25, 0.3) is 5.91 Å². The number of carbonyl (C=O) groups excluding carboxylic acids is 1. The number of hydrogen-bond donors (Lipinski definition) is 2. The minimum atomic E-state index is -3.91. The third-order valence-electron chi connectivity index (χ3n) is 4.57. The third kappa shape index (κ3) is 3.87. The molecule has 0 unspecified atom stereocenters. The molecular formula is C17H21FN4O3S. The fourth-order valence-electron chi connectivity index (χ4n) is 3.14. The summed E-state index contributed by atoms with van der Waals surface area (Å²) in [4.78, 5) is 11.6. The van der Waals surface area contributed by atoms with Crippen molar-refractivity contribution in [1.82, 2.24) is 9.78 Å². The minimum absolute atomic E-state index is 0.103.